The summed E-state index contributed by atoms with van der Waals surface area (Å²) >= 11 is 0. The molecular weight excluding hydrogens is 595 g/mol. The van der Waals surface area contributed by atoms with E-state index in [1.807, 2.05) is 41.1 Å². The van der Waals surface area contributed by atoms with Gasteiger partial charge >= 0.3 is 6.03 Å². The average Bonchev–Trinajstić information content (AvgIpc) is 3.80. The maximum Gasteiger partial charge on any atom is 0.320 e. The summed E-state index contributed by atoms with van der Waals surface area (Å²) in [6.07, 6.45) is 3.94. The summed E-state index contributed by atoms with van der Waals surface area (Å²) in [4.78, 5) is 34.5. The Hall–Kier alpha value is -3.87. The Labute approximate surface area is 272 Å². The highest BCUT2D eigenvalue weighted by Crippen LogP contribution is 2.38. The summed E-state index contributed by atoms with van der Waals surface area (Å²) < 4.78 is 10.6. The zero-order valence-corrected chi connectivity index (χ0v) is 28.8. The number of imidazole rings is 1. The van der Waals surface area contributed by atoms with Crippen LogP contribution >= 0.6 is 0 Å². The molecule has 46 heavy (non-hydrogen) atoms. The minimum Gasteiger partial charge on any atom is -0.361 e. The number of hydrogen-bond donors (Lipinski definition) is 0. The average molecular weight is 640 g/mol. The molecule has 3 aliphatic rings. The van der Waals surface area contributed by atoms with Crippen LogP contribution in [-0.2, 0) is 37.5 Å². The SMILES string of the molecule is Cc1cccc(-c2nn3c(c2-c2ccnc(-c4nc5c(n4COCC[Si](C)(C)C)CN(C(=O)N4CCN(C)CC4)C5)c2)CCC3)n1. The lowest BCUT2D eigenvalue weighted by molar-refractivity contribution is 0.0847. The maximum atomic E-state index is 13.5. The monoisotopic (exact) mass is 639 g/mol. The van der Waals surface area contributed by atoms with Gasteiger partial charge in [-0.15, -0.1) is 0 Å². The first kappa shape index (κ1) is 30.8. The Morgan fingerprint density at radius 1 is 0.957 bits per heavy atom. The Morgan fingerprint density at radius 3 is 2.57 bits per heavy atom. The second kappa shape index (κ2) is 12.4. The van der Waals surface area contributed by atoms with Crippen LogP contribution in [-0.4, -0.2) is 97.9 Å². The van der Waals surface area contributed by atoms with Gasteiger partial charge in [-0.2, -0.15) is 5.10 Å². The molecule has 0 spiro atoms. The first-order valence-corrected chi connectivity index (χ1v) is 20.2. The van der Waals surface area contributed by atoms with Crippen molar-refractivity contribution in [1.82, 2.24) is 44.0 Å². The Balaban J connectivity index is 1.22. The number of hydrogen-bond acceptors (Lipinski definition) is 7. The summed E-state index contributed by atoms with van der Waals surface area (Å²) in [6, 6.07) is 11.5. The molecule has 1 saturated heterocycles. The van der Waals surface area contributed by atoms with Crippen LogP contribution in [0.4, 0.5) is 4.79 Å². The molecule has 0 bridgehead atoms. The molecule has 1 fully saturated rings. The van der Waals surface area contributed by atoms with Crippen molar-refractivity contribution in [3.05, 3.63) is 59.3 Å². The molecule has 11 nitrogen and oxygen atoms in total. The van der Waals surface area contributed by atoms with E-state index in [1.54, 1.807) is 0 Å². The van der Waals surface area contributed by atoms with E-state index in [1.165, 1.54) is 5.69 Å². The fourth-order valence-corrected chi connectivity index (χ4v) is 7.41. The van der Waals surface area contributed by atoms with Crippen molar-refractivity contribution in [3.8, 4) is 34.0 Å². The molecule has 0 atom stereocenters. The highest BCUT2D eigenvalue weighted by atomic mass is 28.3. The first-order chi connectivity index (χ1) is 22.1. The number of fused-ring (bicyclic) bond motifs is 2. The fourth-order valence-electron chi connectivity index (χ4n) is 6.66. The lowest BCUT2D eigenvalue weighted by Gasteiger charge is -2.34. The number of piperazine rings is 1. The standard InChI is InChI=1S/C34H45N9O2Si/c1-24-8-6-9-26(36-24)32-31(29-10-7-13-43(29)38-32)25-11-12-35-27(20-25)33-37-28-21-41(34(44)40-16-14-39(2)15-17-40)22-30(28)42(33)23-45-18-19-46(3,4)5/h6,8-9,11-12,20H,7,10,13-19,21-23H2,1-5H3. The zero-order chi connectivity index (χ0) is 32.0. The number of ether oxygens (including phenoxy) is 1. The van der Waals surface area contributed by atoms with Crippen molar-refractivity contribution in [1.29, 1.82) is 0 Å². The van der Waals surface area contributed by atoms with Crippen LogP contribution in [0.15, 0.2) is 36.5 Å². The largest absolute Gasteiger partial charge is 0.361 e. The zero-order valence-electron chi connectivity index (χ0n) is 27.8. The van der Waals surface area contributed by atoms with Crippen LogP contribution in [0.5, 0.6) is 0 Å². The molecular formula is C34H45N9O2Si. The topological polar surface area (TPSA) is 97.4 Å². The highest BCUT2D eigenvalue weighted by molar-refractivity contribution is 6.76. The lowest BCUT2D eigenvalue weighted by Crippen LogP contribution is -2.50. The Morgan fingerprint density at radius 2 is 1.78 bits per heavy atom. The van der Waals surface area contributed by atoms with Gasteiger partial charge in [-0.05, 0) is 62.7 Å². The van der Waals surface area contributed by atoms with Gasteiger partial charge in [-0.1, -0.05) is 25.7 Å². The number of urea groups is 1. The van der Waals surface area contributed by atoms with E-state index in [-0.39, 0.29) is 6.03 Å². The van der Waals surface area contributed by atoms with Gasteiger partial charge in [0.05, 0.1) is 30.2 Å². The van der Waals surface area contributed by atoms with E-state index in [0.717, 1.165) is 103 Å². The molecule has 2 amide bonds. The van der Waals surface area contributed by atoms with Gasteiger partial charge in [0.1, 0.15) is 18.1 Å². The van der Waals surface area contributed by atoms with Crippen molar-refractivity contribution in [2.75, 3.05) is 39.8 Å². The van der Waals surface area contributed by atoms with Crippen LogP contribution in [0.1, 0.15) is 29.2 Å². The van der Waals surface area contributed by atoms with Gasteiger partial charge in [-0.3, -0.25) is 14.6 Å². The van der Waals surface area contributed by atoms with Crippen LogP contribution in [0.25, 0.3) is 34.0 Å². The molecule has 7 rings (SSSR count). The van der Waals surface area contributed by atoms with E-state index >= 15 is 0 Å². The maximum absolute atomic E-state index is 13.5. The van der Waals surface area contributed by atoms with E-state index in [9.17, 15) is 4.79 Å². The summed E-state index contributed by atoms with van der Waals surface area (Å²) in [5, 5.41) is 5.03. The van der Waals surface area contributed by atoms with Gasteiger partial charge in [0.15, 0.2) is 5.82 Å². The number of aryl methyl sites for hydroxylation is 2. The van der Waals surface area contributed by atoms with Crippen LogP contribution < -0.4 is 0 Å². The van der Waals surface area contributed by atoms with E-state index in [0.29, 0.717) is 26.4 Å². The van der Waals surface area contributed by atoms with E-state index in [2.05, 4.69) is 53.0 Å². The molecule has 7 heterocycles. The number of amides is 2. The molecule has 0 saturated carbocycles. The van der Waals surface area contributed by atoms with E-state index in [4.69, 9.17) is 24.8 Å². The van der Waals surface area contributed by atoms with Crippen LogP contribution in [0, 0.1) is 6.92 Å². The van der Waals surface area contributed by atoms with Crippen LogP contribution in [0.3, 0.4) is 0 Å². The second-order valence-electron chi connectivity index (χ2n) is 14.1. The van der Waals surface area contributed by atoms with Gasteiger partial charge in [0, 0.05) is 70.6 Å². The van der Waals surface area contributed by atoms with Crippen molar-refractivity contribution in [3.63, 3.8) is 0 Å². The van der Waals surface area contributed by atoms with Crippen molar-refractivity contribution in [2.24, 2.45) is 0 Å². The molecule has 0 unspecified atom stereocenters. The summed E-state index contributed by atoms with van der Waals surface area (Å²) in [6.45, 7) is 15.4. The third kappa shape index (κ3) is 6.13. The summed E-state index contributed by atoms with van der Waals surface area (Å²) in [5.74, 6) is 0.783. The molecule has 4 aromatic rings. The molecule has 0 aromatic carbocycles. The molecule has 0 N–H and O–H groups in total. The van der Waals surface area contributed by atoms with Crippen molar-refractivity contribution >= 4 is 14.1 Å². The predicted molar refractivity (Wildman–Crippen MR) is 181 cm³/mol. The molecule has 12 heteroatoms. The molecule has 4 aromatic heterocycles. The Kier molecular flexibility index (Phi) is 8.28. The smallest absolute Gasteiger partial charge is 0.320 e. The third-order valence-corrected chi connectivity index (χ3v) is 11.1. The number of likely N-dealkylation sites (N-methyl/N-ethyl adjacent to an activating group) is 1. The predicted octanol–water partition coefficient (Wildman–Crippen LogP) is 5.12. The number of nitrogens with zero attached hydrogens (tertiary/aromatic N) is 9. The number of carbonyl (C=O) groups excluding carboxylic acids is 1. The molecule has 3 aliphatic heterocycles. The van der Waals surface area contributed by atoms with Gasteiger partial charge in [-0.25, -0.2) is 9.78 Å². The van der Waals surface area contributed by atoms with Crippen LogP contribution in [0.2, 0.25) is 25.7 Å². The van der Waals surface area contributed by atoms with Gasteiger partial charge < -0.3 is 24.0 Å². The third-order valence-electron chi connectivity index (χ3n) is 9.35. The lowest BCUT2D eigenvalue weighted by atomic mass is 10.00. The Bertz CT molecular complexity index is 1750. The number of carbonyl (C=O) groups is 1. The van der Waals surface area contributed by atoms with Crippen molar-refractivity contribution in [2.45, 2.75) is 71.8 Å². The number of rotatable bonds is 8. The number of pyridine rings is 2. The minimum atomic E-state index is -1.25. The summed E-state index contributed by atoms with van der Waals surface area (Å²) in [5.41, 5.74) is 8.95. The normalized spacial score (nSPS) is 16.7. The quantitative estimate of drug-likeness (QED) is 0.195. The molecule has 0 radical (unpaired) electrons. The fraction of sp³-hybridized carbons (Fsp3) is 0.500. The van der Waals surface area contributed by atoms with Gasteiger partial charge in [0.2, 0.25) is 0 Å². The molecule has 242 valence electrons. The van der Waals surface area contributed by atoms with E-state index < -0.39 is 8.07 Å². The second-order valence-corrected chi connectivity index (χ2v) is 19.7. The minimum absolute atomic E-state index is 0.0892. The number of aromatic nitrogens is 6. The summed E-state index contributed by atoms with van der Waals surface area (Å²) in [7, 11) is 0.856. The molecule has 0 aliphatic carbocycles. The van der Waals surface area contributed by atoms with Gasteiger partial charge in [0.25, 0.3) is 0 Å². The highest BCUT2D eigenvalue weighted by Gasteiger charge is 2.34. The first-order valence-electron chi connectivity index (χ1n) is 16.5. The van der Waals surface area contributed by atoms with Crippen molar-refractivity contribution < 1.29 is 9.53 Å².